The number of nitrogens with zero attached hydrogens (tertiary/aromatic N) is 2. The SMILES string of the molecule is CCOCc1noc(-c2ccc(Br)c(N)c2)n1. The van der Waals surface area contributed by atoms with Crippen molar-refractivity contribution in [1.29, 1.82) is 0 Å². The molecule has 0 fully saturated rings. The summed E-state index contributed by atoms with van der Waals surface area (Å²) >= 11 is 3.33. The quantitative estimate of drug-likeness (QED) is 0.878. The average Bonchev–Trinajstić information content (AvgIpc) is 2.79. The first-order valence-corrected chi connectivity index (χ1v) is 5.95. The summed E-state index contributed by atoms with van der Waals surface area (Å²) in [6.07, 6.45) is 0. The molecule has 0 aliphatic carbocycles. The molecule has 1 aromatic carbocycles. The molecular weight excluding hydrogens is 286 g/mol. The van der Waals surface area contributed by atoms with E-state index in [1.807, 2.05) is 19.1 Å². The summed E-state index contributed by atoms with van der Waals surface area (Å²) in [6.45, 7) is 2.89. The summed E-state index contributed by atoms with van der Waals surface area (Å²) < 4.78 is 11.2. The number of anilines is 1. The van der Waals surface area contributed by atoms with Crippen molar-refractivity contribution < 1.29 is 9.26 Å². The van der Waals surface area contributed by atoms with E-state index in [0.717, 1.165) is 10.0 Å². The number of nitrogen functional groups attached to an aromatic ring is 1. The first kappa shape index (κ1) is 12.1. The van der Waals surface area contributed by atoms with E-state index in [9.17, 15) is 0 Å². The molecule has 0 unspecified atom stereocenters. The number of ether oxygens (including phenoxy) is 1. The first-order valence-electron chi connectivity index (χ1n) is 5.16. The molecule has 90 valence electrons. The topological polar surface area (TPSA) is 74.2 Å². The molecule has 0 saturated carbocycles. The highest BCUT2D eigenvalue weighted by molar-refractivity contribution is 9.10. The highest BCUT2D eigenvalue weighted by atomic mass is 79.9. The Balaban J connectivity index is 2.21. The zero-order valence-electron chi connectivity index (χ0n) is 9.31. The Hall–Kier alpha value is -1.40. The largest absolute Gasteiger partial charge is 0.398 e. The molecule has 17 heavy (non-hydrogen) atoms. The zero-order chi connectivity index (χ0) is 12.3. The van der Waals surface area contributed by atoms with Crippen LogP contribution in [0.25, 0.3) is 11.5 Å². The van der Waals surface area contributed by atoms with Gasteiger partial charge in [-0.1, -0.05) is 5.16 Å². The van der Waals surface area contributed by atoms with E-state index >= 15 is 0 Å². The van der Waals surface area contributed by atoms with Gasteiger partial charge >= 0.3 is 0 Å². The van der Waals surface area contributed by atoms with Gasteiger partial charge in [0.15, 0.2) is 5.82 Å². The predicted molar refractivity (Wildman–Crippen MR) is 67.2 cm³/mol. The molecule has 2 N–H and O–H groups in total. The van der Waals surface area contributed by atoms with Gasteiger partial charge in [0.2, 0.25) is 0 Å². The fraction of sp³-hybridized carbons (Fsp3) is 0.273. The molecular formula is C11H12BrN3O2. The molecule has 2 rings (SSSR count). The number of hydrogen-bond acceptors (Lipinski definition) is 5. The molecule has 0 spiro atoms. The van der Waals surface area contributed by atoms with E-state index in [1.165, 1.54) is 0 Å². The standard InChI is InChI=1S/C11H12BrN3O2/c1-2-16-6-10-14-11(17-15-10)7-3-4-8(12)9(13)5-7/h3-5H,2,6,13H2,1H3. The molecule has 0 atom stereocenters. The van der Waals surface area contributed by atoms with Crippen LogP contribution in [-0.4, -0.2) is 16.7 Å². The predicted octanol–water partition coefficient (Wildman–Crippen LogP) is 2.62. The van der Waals surface area contributed by atoms with Crippen molar-refractivity contribution in [2.24, 2.45) is 0 Å². The van der Waals surface area contributed by atoms with Crippen molar-refractivity contribution in [2.75, 3.05) is 12.3 Å². The monoisotopic (exact) mass is 297 g/mol. The zero-order valence-corrected chi connectivity index (χ0v) is 10.9. The van der Waals surface area contributed by atoms with Crippen LogP contribution in [0.5, 0.6) is 0 Å². The van der Waals surface area contributed by atoms with Gasteiger partial charge in [0.05, 0.1) is 0 Å². The summed E-state index contributed by atoms with van der Waals surface area (Å²) in [5.41, 5.74) is 7.21. The Morgan fingerprint density at radius 3 is 3.00 bits per heavy atom. The Kier molecular flexibility index (Phi) is 3.75. The molecule has 1 heterocycles. The lowest BCUT2D eigenvalue weighted by Crippen LogP contribution is -1.93. The van der Waals surface area contributed by atoms with Gasteiger partial charge < -0.3 is 15.0 Å². The number of aromatic nitrogens is 2. The lowest BCUT2D eigenvalue weighted by molar-refractivity contribution is 0.126. The number of nitrogens with two attached hydrogens (primary N) is 1. The van der Waals surface area contributed by atoms with Gasteiger partial charge in [-0.15, -0.1) is 0 Å². The summed E-state index contributed by atoms with van der Waals surface area (Å²) in [6, 6.07) is 5.48. The fourth-order valence-corrected chi connectivity index (χ4v) is 1.55. The van der Waals surface area contributed by atoms with Crippen LogP contribution in [0, 0.1) is 0 Å². The summed E-state index contributed by atoms with van der Waals surface area (Å²) in [5, 5.41) is 3.82. The minimum atomic E-state index is 0.353. The van der Waals surface area contributed by atoms with Crippen LogP contribution >= 0.6 is 15.9 Å². The molecule has 2 aromatic rings. The van der Waals surface area contributed by atoms with E-state index in [4.69, 9.17) is 15.0 Å². The van der Waals surface area contributed by atoms with Gasteiger partial charge in [-0.05, 0) is 41.1 Å². The van der Waals surface area contributed by atoms with Crippen molar-refractivity contribution in [3.63, 3.8) is 0 Å². The number of benzene rings is 1. The first-order chi connectivity index (χ1) is 8.20. The van der Waals surface area contributed by atoms with Crippen LogP contribution in [0.2, 0.25) is 0 Å². The Bertz CT molecular complexity index is 513. The third-order valence-corrected chi connectivity index (χ3v) is 2.87. The third-order valence-electron chi connectivity index (χ3n) is 2.15. The minimum Gasteiger partial charge on any atom is -0.398 e. The van der Waals surface area contributed by atoms with Crippen molar-refractivity contribution in [2.45, 2.75) is 13.5 Å². The van der Waals surface area contributed by atoms with E-state index < -0.39 is 0 Å². The van der Waals surface area contributed by atoms with Gasteiger partial charge in [0.25, 0.3) is 5.89 Å². The van der Waals surface area contributed by atoms with Crippen LogP contribution in [0.4, 0.5) is 5.69 Å². The molecule has 0 bridgehead atoms. The summed E-state index contributed by atoms with van der Waals surface area (Å²) in [4.78, 5) is 4.22. The van der Waals surface area contributed by atoms with Crippen molar-refractivity contribution in [1.82, 2.24) is 10.1 Å². The maximum absolute atomic E-state index is 5.78. The molecule has 5 nitrogen and oxygen atoms in total. The average molecular weight is 298 g/mol. The summed E-state index contributed by atoms with van der Waals surface area (Å²) in [7, 11) is 0. The molecule has 1 aromatic heterocycles. The normalized spacial score (nSPS) is 10.7. The van der Waals surface area contributed by atoms with E-state index in [2.05, 4.69) is 26.1 Å². The van der Waals surface area contributed by atoms with Crippen molar-refractivity contribution >= 4 is 21.6 Å². The lowest BCUT2D eigenvalue weighted by atomic mass is 10.2. The summed E-state index contributed by atoms with van der Waals surface area (Å²) in [5.74, 6) is 0.974. The lowest BCUT2D eigenvalue weighted by Gasteiger charge is -1.99. The van der Waals surface area contributed by atoms with Crippen LogP contribution < -0.4 is 5.73 Å². The highest BCUT2D eigenvalue weighted by Gasteiger charge is 2.09. The minimum absolute atomic E-state index is 0.353. The van der Waals surface area contributed by atoms with Crippen molar-refractivity contribution in [3.05, 3.63) is 28.5 Å². The van der Waals surface area contributed by atoms with Gasteiger partial charge in [-0.2, -0.15) is 4.98 Å². The number of halogens is 1. The second-order valence-corrected chi connectivity index (χ2v) is 4.24. The van der Waals surface area contributed by atoms with Crippen molar-refractivity contribution in [3.8, 4) is 11.5 Å². The maximum atomic E-state index is 5.78. The van der Waals surface area contributed by atoms with Crippen LogP contribution in [-0.2, 0) is 11.3 Å². The second-order valence-electron chi connectivity index (χ2n) is 3.39. The number of rotatable bonds is 4. The van der Waals surface area contributed by atoms with Gasteiger partial charge in [-0.3, -0.25) is 0 Å². The Morgan fingerprint density at radius 1 is 1.47 bits per heavy atom. The van der Waals surface area contributed by atoms with Crippen LogP contribution in [0.3, 0.4) is 0 Å². The fourth-order valence-electron chi connectivity index (χ4n) is 1.30. The third kappa shape index (κ3) is 2.83. The molecule has 0 amide bonds. The molecule has 0 aliphatic heterocycles. The number of hydrogen-bond donors (Lipinski definition) is 1. The highest BCUT2D eigenvalue weighted by Crippen LogP contribution is 2.25. The van der Waals surface area contributed by atoms with E-state index in [1.54, 1.807) is 6.07 Å². The van der Waals surface area contributed by atoms with Gasteiger partial charge in [0.1, 0.15) is 6.61 Å². The maximum Gasteiger partial charge on any atom is 0.258 e. The van der Waals surface area contributed by atoms with Crippen LogP contribution in [0.1, 0.15) is 12.7 Å². The molecule has 0 radical (unpaired) electrons. The van der Waals surface area contributed by atoms with Crippen LogP contribution in [0.15, 0.2) is 27.2 Å². The smallest absolute Gasteiger partial charge is 0.258 e. The molecule has 0 aliphatic rings. The van der Waals surface area contributed by atoms with E-state index in [-0.39, 0.29) is 0 Å². The van der Waals surface area contributed by atoms with Gasteiger partial charge in [-0.25, -0.2) is 0 Å². The molecule has 0 saturated heterocycles. The second kappa shape index (κ2) is 5.29. The Labute approximate surface area is 107 Å². The molecule has 6 heteroatoms. The van der Waals surface area contributed by atoms with Gasteiger partial charge in [0, 0.05) is 22.3 Å². The Morgan fingerprint density at radius 2 is 2.29 bits per heavy atom. The van der Waals surface area contributed by atoms with E-state index in [0.29, 0.717) is 30.6 Å².